The van der Waals surface area contributed by atoms with E-state index in [-0.39, 0.29) is 0 Å². The minimum Gasteiger partial charge on any atom is -0.496 e. The first kappa shape index (κ1) is 13.0. The Bertz CT molecular complexity index is 348. The first-order valence-corrected chi connectivity index (χ1v) is 5.49. The van der Waals surface area contributed by atoms with Gasteiger partial charge in [-0.1, -0.05) is 17.7 Å². The third-order valence-corrected chi connectivity index (χ3v) is 2.56. The molecule has 0 aliphatic carbocycles. The highest BCUT2D eigenvalue weighted by molar-refractivity contribution is 5.37. The van der Waals surface area contributed by atoms with E-state index in [1.165, 1.54) is 5.56 Å². The summed E-state index contributed by atoms with van der Waals surface area (Å²) in [6, 6.07) is 6.01. The van der Waals surface area contributed by atoms with Crippen molar-refractivity contribution < 1.29 is 9.84 Å². The Balaban J connectivity index is 2.90. The summed E-state index contributed by atoms with van der Waals surface area (Å²) >= 11 is 0. The minimum absolute atomic E-state index is 0.560. The van der Waals surface area contributed by atoms with Crippen molar-refractivity contribution >= 4 is 0 Å². The van der Waals surface area contributed by atoms with Crippen molar-refractivity contribution in [1.82, 2.24) is 5.32 Å². The first-order chi connectivity index (χ1) is 7.48. The van der Waals surface area contributed by atoms with Crippen LogP contribution in [-0.2, 0) is 6.42 Å². The molecule has 0 saturated heterocycles. The molecule has 0 aromatic heterocycles. The van der Waals surface area contributed by atoms with E-state index in [2.05, 4.69) is 11.4 Å². The van der Waals surface area contributed by atoms with Gasteiger partial charge in [0.25, 0.3) is 0 Å². The van der Waals surface area contributed by atoms with Crippen LogP contribution in [0.1, 0.15) is 18.1 Å². The largest absolute Gasteiger partial charge is 0.496 e. The quantitative estimate of drug-likeness (QED) is 0.795. The summed E-state index contributed by atoms with van der Waals surface area (Å²) in [5, 5.41) is 13.2. The molecule has 0 amide bonds. The molecule has 0 spiro atoms. The predicted molar refractivity (Wildman–Crippen MR) is 66.0 cm³/mol. The summed E-state index contributed by atoms with van der Waals surface area (Å²) in [7, 11) is 3.49. The number of hydrogen-bond acceptors (Lipinski definition) is 3. The van der Waals surface area contributed by atoms with Crippen molar-refractivity contribution in [3.8, 4) is 5.75 Å². The molecule has 16 heavy (non-hydrogen) atoms. The molecule has 1 atom stereocenters. The van der Waals surface area contributed by atoms with Gasteiger partial charge in [0.15, 0.2) is 0 Å². The molecule has 1 aromatic rings. The third-order valence-electron chi connectivity index (χ3n) is 2.56. The number of aliphatic hydroxyl groups is 1. The number of methoxy groups -OCH3 is 1. The van der Waals surface area contributed by atoms with Crippen LogP contribution in [0.3, 0.4) is 0 Å². The number of aryl methyl sites for hydroxylation is 1. The number of likely N-dealkylation sites (N-methyl/N-ethyl adjacent to an activating group) is 1. The fraction of sp³-hybridized carbons (Fsp3) is 0.538. The fourth-order valence-corrected chi connectivity index (χ4v) is 1.90. The van der Waals surface area contributed by atoms with Gasteiger partial charge in [0.1, 0.15) is 5.75 Å². The van der Waals surface area contributed by atoms with Crippen molar-refractivity contribution in [3.63, 3.8) is 0 Å². The summed E-state index contributed by atoms with van der Waals surface area (Å²) in [6.07, 6.45) is 0.582. The first-order valence-electron chi connectivity index (χ1n) is 5.49. The lowest BCUT2D eigenvalue weighted by molar-refractivity contribution is 0.0616. The van der Waals surface area contributed by atoms with E-state index in [4.69, 9.17) is 4.74 Å². The number of rotatable bonds is 5. The van der Waals surface area contributed by atoms with Gasteiger partial charge in [0, 0.05) is 13.0 Å². The molecule has 0 aliphatic rings. The van der Waals surface area contributed by atoms with Crippen LogP contribution in [0.2, 0.25) is 0 Å². The van der Waals surface area contributed by atoms with Crippen LogP contribution in [0, 0.1) is 6.92 Å². The molecule has 1 aromatic carbocycles. The summed E-state index contributed by atoms with van der Waals surface area (Å²) in [4.78, 5) is 0. The van der Waals surface area contributed by atoms with E-state index < -0.39 is 5.60 Å². The molecule has 1 rings (SSSR count). The van der Waals surface area contributed by atoms with Crippen molar-refractivity contribution in [2.24, 2.45) is 0 Å². The average Bonchev–Trinajstić information content (AvgIpc) is 2.17. The van der Waals surface area contributed by atoms with Crippen molar-refractivity contribution in [2.45, 2.75) is 25.9 Å². The average molecular weight is 223 g/mol. The van der Waals surface area contributed by atoms with Gasteiger partial charge in [-0.15, -0.1) is 0 Å². The molecular formula is C13H21NO2. The number of nitrogens with one attached hydrogen (secondary N) is 1. The standard InChI is InChI=1S/C13H21NO2/c1-10-5-6-12(16-4)11(7-10)8-13(2,15)9-14-3/h5-7,14-15H,8-9H2,1-4H3. The lowest BCUT2D eigenvalue weighted by Gasteiger charge is -2.24. The molecule has 0 bridgehead atoms. The van der Waals surface area contributed by atoms with Gasteiger partial charge in [-0.25, -0.2) is 0 Å². The Morgan fingerprint density at radius 2 is 2.12 bits per heavy atom. The maximum atomic E-state index is 10.2. The van der Waals surface area contributed by atoms with Crippen LogP contribution in [0.25, 0.3) is 0 Å². The molecule has 3 heteroatoms. The molecule has 0 radical (unpaired) electrons. The highest BCUT2D eigenvalue weighted by Gasteiger charge is 2.21. The molecule has 2 N–H and O–H groups in total. The van der Waals surface area contributed by atoms with Crippen molar-refractivity contribution in [2.75, 3.05) is 20.7 Å². The molecule has 0 aliphatic heterocycles. The maximum Gasteiger partial charge on any atom is 0.122 e. The highest BCUT2D eigenvalue weighted by Crippen LogP contribution is 2.24. The summed E-state index contributed by atoms with van der Waals surface area (Å²) < 4.78 is 5.29. The van der Waals surface area contributed by atoms with Crippen LogP contribution in [-0.4, -0.2) is 31.4 Å². The smallest absolute Gasteiger partial charge is 0.122 e. The Kier molecular flexibility index (Phi) is 4.33. The van der Waals surface area contributed by atoms with E-state index in [9.17, 15) is 5.11 Å². The van der Waals surface area contributed by atoms with Gasteiger partial charge >= 0.3 is 0 Å². The van der Waals surface area contributed by atoms with E-state index in [0.717, 1.165) is 11.3 Å². The van der Waals surface area contributed by atoms with Gasteiger partial charge in [-0.3, -0.25) is 0 Å². The second kappa shape index (κ2) is 5.32. The predicted octanol–water partition coefficient (Wildman–Crippen LogP) is 1.52. The van der Waals surface area contributed by atoms with Gasteiger partial charge < -0.3 is 15.2 Å². The van der Waals surface area contributed by atoms with E-state index in [1.807, 2.05) is 33.0 Å². The second-order valence-electron chi connectivity index (χ2n) is 4.52. The number of ether oxygens (including phenoxy) is 1. The van der Waals surface area contributed by atoms with E-state index in [0.29, 0.717) is 13.0 Å². The topological polar surface area (TPSA) is 41.5 Å². The zero-order valence-electron chi connectivity index (χ0n) is 10.5. The van der Waals surface area contributed by atoms with Gasteiger partial charge in [0.05, 0.1) is 12.7 Å². The van der Waals surface area contributed by atoms with Crippen LogP contribution >= 0.6 is 0 Å². The Morgan fingerprint density at radius 1 is 1.44 bits per heavy atom. The fourth-order valence-electron chi connectivity index (χ4n) is 1.90. The van der Waals surface area contributed by atoms with Crippen molar-refractivity contribution in [1.29, 1.82) is 0 Å². The van der Waals surface area contributed by atoms with Crippen LogP contribution < -0.4 is 10.1 Å². The Morgan fingerprint density at radius 3 is 2.69 bits per heavy atom. The Hall–Kier alpha value is -1.06. The van der Waals surface area contributed by atoms with E-state index >= 15 is 0 Å². The summed E-state index contributed by atoms with van der Waals surface area (Å²) in [5.74, 6) is 0.835. The van der Waals surface area contributed by atoms with Crippen LogP contribution in [0.5, 0.6) is 5.75 Å². The Labute approximate surface area is 97.4 Å². The summed E-state index contributed by atoms with van der Waals surface area (Å²) in [6.45, 7) is 4.42. The lowest BCUT2D eigenvalue weighted by Crippen LogP contribution is -2.38. The highest BCUT2D eigenvalue weighted by atomic mass is 16.5. The number of benzene rings is 1. The number of hydrogen-bond donors (Lipinski definition) is 2. The molecule has 3 nitrogen and oxygen atoms in total. The lowest BCUT2D eigenvalue weighted by atomic mass is 9.95. The van der Waals surface area contributed by atoms with Gasteiger partial charge in [-0.05, 0) is 32.5 Å². The minimum atomic E-state index is -0.754. The maximum absolute atomic E-state index is 10.2. The monoisotopic (exact) mass is 223 g/mol. The molecule has 0 fully saturated rings. The zero-order valence-corrected chi connectivity index (χ0v) is 10.5. The molecular weight excluding hydrogens is 202 g/mol. The third kappa shape index (κ3) is 3.51. The van der Waals surface area contributed by atoms with E-state index in [1.54, 1.807) is 7.11 Å². The summed E-state index contributed by atoms with van der Waals surface area (Å²) in [5.41, 5.74) is 1.47. The zero-order chi connectivity index (χ0) is 12.2. The molecule has 0 saturated carbocycles. The molecule has 1 unspecified atom stereocenters. The van der Waals surface area contributed by atoms with Crippen LogP contribution in [0.15, 0.2) is 18.2 Å². The van der Waals surface area contributed by atoms with Gasteiger partial charge in [0.2, 0.25) is 0 Å². The SMILES string of the molecule is CNCC(C)(O)Cc1cc(C)ccc1OC. The van der Waals surface area contributed by atoms with Crippen molar-refractivity contribution in [3.05, 3.63) is 29.3 Å². The molecule has 0 heterocycles. The van der Waals surface area contributed by atoms with Gasteiger partial charge in [-0.2, -0.15) is 0 Å². The van der Waals surface area contributed by atoms with Crippen LogP contribution in [0.4, 0.5) is 0 Å². The molecule has 90 valence electrons. The second-order valence-corrected chi connectivity index (χ2v) is 4.52. The normalized spacial score (nSPS) is 14.6.